The van der Waals surface area contributed by atoms with Gasteiger partial charge < -0.3 is 29.6 Å². The summed E-state index contributed by atoms with van der Waals surface area (Å²) in [5.74, 6) is 0.835. The van der Waals surface area contributed by atoms with E-state index in [-0.39, 0.29) is 51.9 Å². The number of hydrogen-bond donors (Lipinski definition) is 0. The maximum absolute atomic E-state index is 11.7. The third-order valence-electron chi connectivity index (χ3n) is 5.41. The number of hydrogen-bond acceptors (Lipinski definition) is 2. The van der Waals surface area contributed by atoms with Crippen LogP contribution in [-0.2, 0) is 26.5 Å². The Morgan fingerprint density at radius 2 is 1.50 bits per heavy atom. The summed E-state index contributed by atoms with van der Waals surface area (Å²) < 4.78 is 6.17. The van der Waals surface area contributed by atoms with Crippen LogP contribution in [0.4, 0.5) is 0 Å². The predicted molar refractivity (Wildman–Crippen MR) is 103 cm³/mol. The Kier molecular flexibility index (Phi) is 10.5. The SMILES string of the molecule is CC1=C(C)C(C)(C)C(C=O)=C1COc1ccccc1-c1ccccc1.[Cl-].[Cl-].[Ti+4]. The summed E-state index contributed by atoms with van der Waals surface area (Å²) in [6.45, 7) is 8.78. The van der Waals surface area contributed by atoms with E-state index in [2.05, 4.69) is 45.9 Å². The number of halogens is 2. The van der Waals surface area contributed by atoms with Crippen LogP contribution in [0.25, 0.3) is 11.1 Å². The van der Waals surface area contributed by atoms with Crippen molar-refractivity contribution in [1.29, 1.82) is 0 Å². The van der Waals surface area contributed by atoms with Gasteiger partial charge in [0.1, 0.15) is 18.6 Å². The number of carbonyl (C=O) groups excluding carboxylic acids is 1. The van der Waals surface area contributed by atoms with E-state index in [9.17, 15) is 4.79 Å². The first-order valence-corrected chi connectivity index (χ1v) is 8.61. The average Bonchev–Trinajstić information content (AvgIpc) is 2.80. The number of para-hydroxylation sites is 1. The molecule has 28 heavy (non-hydrogen) atoms. The summed E-state index contributed by atoms with van der Waals surface area (Å²) in [6, 6.07) is 18.2. The number of aldehydes is 1. The quantitative estimate of drug-likeness (QED) is 0.458. The zero-order chi connectivity index (χ0) is 18.0. The Balaban J connectivity index is 0.00000243. The minimum absolute atomic E-state index is 0. The van der Waals surface area contributed by atoms with Gasteiger partial charge in [-0.05, 0) is 36.6 Å². The second-order valence-corrected chi connectivity index (χ2v) is 7.04. The molecule has 1 aliphatic carbocycles. The molecule has 2 aromatic carbocycles. The minimum Gasteiger partial charge on any atom is -1.00 e. The van der Waals surface area contributed by atoms with Crippen molar-refractivity contribution in [3.8, 4) is 16.9 Å². The second kappa shape index (κ2) is 11.0. The van der Waals surface area contributed by atoms with Crippen LogP contribution >= 0.6 is 0 Å². The first-order chi connectivity index (χ1) is 12.0. The van der Waals surface area contributed by atoms with Crippen LogP contribution < -0.4 is 29.6 Å². The summed E-state index contributed by atoms with van der Waals surface area (Å²) >= 11 is 0. The van der Waals surface area contributed by atoms with E-state index in [4.69, 9.17) is 4.74 Å². The van der Waals surface area contributed by atoms with Crippen molar-refractivity contribution in [3.63, 3.8) is 0 Å². The standard InChI is InChI=1S/C23H24O2.2ClH.Ti/c1-16-17(2)23(3,4)21(14-24)20(16)15-25-22-13-9-8-12-19(22)18-10-6-5-7-11-18;;;/h5-14H,15H2,1-4H3;2*1H;/q;;;+4/p-2. The largest absolute Gasteiger partial charge is 4.00 e. The molecule has 0 saturated heterocycles. The number of allylic oxidation sites excluding steroid dienone is 2. The summed E-state index contributed by atoms with van der Waals surface area (Å²) in [7, 11) is 0. The molecule has 144 valence electrons. The van der Waals surface area contributed by atoms with Crippen LogP contribution in [0.3, 0.4) is 0 Å². The normalized spacial score (nSPS) is 14.6. The Labute approximate surface area is 195 Å². The van der Waals surface area contributed by atoms with Crippen molar-refractivity contribution >= 4 is 6.29 Å². The Morgan fingerprint density at radius 1 is 0.929 bits per heavy atom. The second-order valence-electron chi connectivity index (χ2n) is 7.04. The Morgan fingerprint density at radius 3 is 2.11 bits per heavy atom. The van der Waals surface area contributed by atoms with Crippen LogP contribution in [0.15, 0.2) is 76.9 Å². The molecule has 1 aliphatic rings. The van der Waals surface area contributed by atoms with E-state index in [1.165, 1.54) is 11.1 Å². The number of rotatable bonds is 5. The predicted octanol–water partition coefficient (Wildman–Crippen LogP) is -0.390. The van der Waals surface area contributed by atoms with Gasteiger partial charge in [0.25, 0.3) is 0 Å². The molecule has 0 atom stereocenters. The Bertz CT molecular complexity index is 871. The molecule has 0 bridgehead atoms. The van der Waals surface area contributed by atoms with E-state index in [1.54, 1.807) is 0 Å². The third-order valence-corrected chi connectivity index (χ3v) is 5.41. The first kappa shape index (κ1) is 26.7. The summed E-state index contributed by atoms with van der Waals surface area (Å²) in [6.07, 6.45) is 0.988. The monoisotopic (exact) mass is 450 g/mol. The molecule has 0 N–H and O–H groups in total. The van der Waals surface area contributed by atoms with Gasteiger partial charge >= 0.3 is 21.7 Å². The van der Waals surface area contributed by atoms with Crippen molar-refractivity contribution < 1.29 is 56.1 Å². The first-order valence-electron chi connectivity index (χ1n) is 8.61. The van der Waals surface area contributed by atoms with Crippen molar-refractivity contribution in [3.05, 3.63) is 76.9 Å². The molecule has 2 nitrogen and oxygen atoms in total. The average molecular weight is 451 g/mol. The van der Waals surface area contributed by atoms with Gasteiger partial charge in [-0.3, -0.25) is 4.79 Å². The molecule has 0 radical (unpaired) electrons. The number of ether oxygens (including phenoxy) is 1. The fourth-order valence-corrected chi connectivity index (χ4v) is 3.48. The topological polar surface area (TPSA) is 26.3 Å². The van der Waals surface area contributed by atoms with Gasteiger partial charge in [0.2, 0.25) is 0 Å². The molecule has 0 unspecified atom stereocenters. The summed E-state index contributed by atoms with van der Waals surface area (Å²) in [4.78, 5) is 11.7. The fraction of sp³-hybridized carbons (Fsp3) is 0.261. The van der Waals surface area contributed by atoms with Crippen LogP contribution in [0, 0.1) is 5.41 Å². The van der Waals surface area contributed by atoms with Gasteiger partial charge in [0.15, 0.2) is 0 Å². The van der Waals surface area contributed by atoms with Crippen LogP contribution in [0.1, 0.15) is 27.7 Å². The van der Waals surface area contributed by atoms with E-state index < -0.39 is 0 Å². The Hall–Kier alpha value is -1.32. The van der Waals surface area contributed by atoms with Gasteiger partial charge in [-0.2, -0.15) is 0 Å². The third kappa shape index (κ3) is 4.99. The molecule has 0 aliphatic heterocycles. The van der Waals surface area contributed by atoms with Crippen molar-refractivity contribution in [2.75, 3.05) is 6.61 Å². The van der Waals surface area contributed by atoms with Gasteiger partial charge in [0, 0.05) is 16.6 Å². The molecular weight excluding hydrogens is 427 g/mol. The molecule has 5 heteroatoms. The zero-order valence-electron chi connectivity index (χ0n) is 16.6. The molecule has 0 spiro atoms. The maximum Gasteiger partial charge on any atom is 4.00 e. The van der Waals surface area contributed by atoms with E-state index in [0.717, 1.165) is 34.3 Å². The van der Waals surface area contributed by atoms with Gasteiger partial charge in [0.05, 0.1) is 0 Å². The van der Waals surface area contributed by atoms with Crippen molar-refractivity contribution in [2.45, 2.75) is 27.7 Å². The van der Waals surface area contributed by atoms with Crippen LogP contribution in [0.5, 0.6) is 5.75 Å². The fourth-order valence-electron chi connectivity index (χ4n) is 3.48. The zero-order valence-corrected chi connectivity index (χ0v) is 19.6. The van der Waals surface area contributed by atoms with Crippen LogP contribution in [-0.4, -0.2) is 12.9 Å². The molecule has 0 aromatic heterocycles. The molecule has 0 fully saturated rings. The van der Waals surface area contributed by atoms with Crippen LogP contribution in [0.2, 0.25) is 0 Å². The van der Waals surface area contributed by atoms with E-state index in [1.807, 2.05) is 36.4 Å². The summed E-state index contributed by atoms with van der Waals surface area (Å²) in [5, 5.41) is 0. The van der Waals surface area contributed by atoms with E-state index >= 15 is 0 Å². The summed E-state index contributed by atoms with van der Waals surface area (Å²) in [5.41, 5.74) is 6.22. The molecule has 0 saturated carbocycles. The van der Waals surface area contributed by atoms with Gasteiger partial charge in [-0.25, -0.2) is 0 Å². The maximum atomic E-state index is 11.7. The van der Waals surface area contributed by atoms with Gasteiger partial charge in [-0.1, -0.05) is 68.0 Å². The minimum atomic E-state index is -0.219. The van der Waals surface area contributed by atoms with Crippen molar-refractivity contribution in [2.24, 2.45) is 5.41 Å². The molecule has 0 amide bonds. The number of benzene rings is 2. The van der Waals surface area contributed by atoms with Gasteiger partial charge in [-0.15, -0.1) is 0 Å². The van der Waals surface area contributed by atoms with E-state index in [0.29, 0.717) is 6.61 Å². The molecular formula is C23H24Cl2O2Ti+2. The number of carbonyl (C=O) groups is 1. The molecule has 3 rings (SSSR count). The molecule has 2 aromatic rings. The molecule has 0 heterocycles. The van der Waals surface area contributed by atoms with Crippen molar-refractivity contribution in [1.82, 2.24) is 0 Å². The smallest absolute Gasteiger partial charge is 1.00 e.